The van der Waals surface area contributed by atoms with Crippen molar-refractivity contribution in [2.24, 2.45) is 56.2 Å². The summed E-state index contributed by atoms with van der Waals surface area (Å²) in [6.07, 6.45) is 11.8. The van der Waals surface area contributed by atoms with Gasteiger partial charge in [0.1, 0.15) is 6.10 Å². The molecule has 2 N–H and O–H groups in total. The Morgan fingerprint density at radius 3 is 2.31 bits per heavy atom. The summed E-state index contributed by atoms with van der Waals surface area (Å²) in [5.74, 6) is 0.589. The van der Waals surface area contributed by atoms with Crippen LogP contribution in [-0.4, -0.2) is 34.0 Å². The molecule has 1 aromatic rings. The lowest BCUT2D eigenvalue weighted by molar-refractivity contribution is -0.249. The van der Waals surface area contributed by atoms with Gasteiger partial charge in [-0.3, -0.25) is 19.4 Å². The number of aromatic nitrogens is 1. The van der Waals surface area contributed by atoms with Crippen molar-refractivity contribution in [2.75, 3.05) is 0 Å². The Kier molecular flexibility index (Phi) is 9.75. The zero-order valence-corrected chi connectivity index (χ0v) is 31.6. The molecule has 268 valence electrons. The number of hydrogen-bond acceptors (Lipinski definition) is 5. The molecule has 0 aromatic carbocycles. The number of carboxylic acids is 1. The van der Waals surface area contributed by atoms with Crippen LogP contribution in [0.1, 0.15) is 152 Å². The van der Waals surface area contributed by atoms with Crippen molar-refractivity contribution in [1.82, 2.24) is 10.3 Å². The molecule has 9 unspecified atom stereocenters. The van der Waals surface area contributed by atoms with Crippen molar-refractivity contribution in [2.45, 2.75) is 152 Å². The molecular weight excluding hydrogens is 600 g/mol. The zero-order chi connectivity index (χ0) is 35.5. The molecule has 7 heteroatoms. The molecule has 7 nitrogen and oxygen atoms in total. The van der Waals surface area contributed by atoms with Crippen LogP contribution in [0.15, 0.2) is 24.4 Å². The molecule has 1 aromatic heterocycles. The molecule has 4 fully saturated rings. The first-order valence-corrected chi connectivity index (χ1v) is 18.9. The lowest BCUT2D eigenvalue weighted by Gasteiger charge is -2.72. The minimum absolute atomic E-state index is 0.116. The van der Waals surface area contributed by atoms with Crippen LogP contribution in [0.25, 0.3) is 0 Å². The van der Waals surface area contributed by atoms with Gasteiger partial charge in [0.05, 0.1) is 29.0 Å². The number of carbonyl (C=O) groups is 3. The van der Waals surface area contributed by atoms with Gasteiger partial charge in [-0.15, -0.1) is 0 Å². The number of carboxylic acid groups (broad SMARTS) is 1. The van der Waals surface area contributed by atoms with Gasteiger partial charge in [0.25, 0.3) is 0 Å². The number of nitrogens with zero attached hydrogens (tertiary/aromatic N) is 1. The van der Waals surface area contributed by atoms with Crippen LogP contribution in [0, 0.1) is 56.2 Å². The maximum absolute atomic E-state index is 14.4. The highest BCUT2D eigenvalue weighted by atomic mass is 16.5. The molecule has 1 amide bonds. The first-order chi connectivity index (χ1) is 22.3. The van der Waals surface area contributed by atoms with Crippen LogP contribution >= 0.6 is 0 Å². The molecule has 5 rings (SSSR count). The summed E-state index contributed by atoms with van der Waals surface area (Å²) in [6, 6.07) is 5.77. The largest absolute Gasteiger partial charge is 0.481 e. The van der Waals surface area contributed by atoms with E-state index in [9.17, 15) is 19.5 Å². The minimum atomic E-state index is -1.14. The fourth-order valence-corrected chi connectivity index (χ4v) is 12.4. The third kappa shape index (κ3) is 5.71. The molecule has 0 bridgehead atoms. The van der Waals surface area contributed by atoms with Gasteiger partial charge in [-0.05, 0) is 131 Å². The number of aliphatic carboxylic acids is 1. The Balaban J connectivity index is 1.37. The van der Waals surface area contributed by atoms with Crippen LogP contribution in [0.3, 0.4) is 0 Å². The quantitative estimate of drug-likeness (QED) is 0.255. The van der Waals surface area contributed by atoms with Crippen LogP contribution in [0.5, 0.6) is 0 Å². The molecule has 0 saturated heterocycles. The second-order valence-corrected chi connectivity index (χ2v) is 18.5. The van der Waals surface area contributed by atoms with E-state index in [0.29, 0.717) is 17.8 Å². The van der Waals surface area contributed by atoms with Crippen LogP contribution in [0.2, 0.25) is 0 Å². The van der Waals surface area contributed by atoms with E-state index in [4.69, 9.17) is 4.74 Å². The summed E-state index contributed by atoms with van der Waals surface area (Å²) in [5.41, 5.74) is -0.376. The van der Waals surface area contributed by atoms with E-state index in [2.05, 4.69) is 65.7 Å². The third-order valence-electron chi connectivity index (χ3n) is 15.5. The number of hydrogen-bond donors (Lipinski definition) is 2. The second kappa shape index (κ2) is 12.7. The molecular formula is C41H64N2O5. The molecule has 0 spiro atoms. The average molecular weight is 665 g/mol. The lowest BCUT2D eigenvalue weighted by Crippen LogP contribution is -2.67. The number of rotatable bonds is 9. The highest BCUT2D eigenvalue weighted by molar-refractivity contribution is 5.83. The van der Waals surface area contributed by atoms with E-state index >= 15 is 0 Å². The average Bonchev–Trinajstić information content (AvgIpc) is 3.01. The summed E-state index contributed by atoms with van der Waals surface area (Å²) in [4.78, 5) is 43.6. The first kappa shape index (κ1) is 36.8. The summed E-state index contributed by atoms with van der Waals surface area (Å²) in [7, 11) is 0. The van der Waals surface area contributed by atoms with E-state index < -0.39 is 17.4 Å². The highest BCUT2D eigenvalue weighted by Crippen LogP contribution is 2.76. The van der Waals surface area contributed by atoms with Gasteiger partial charge in [0, 0.05) is 11.6 Å². The molecule has 10 atom stereocenters. The summed E-state index contributed by atoms with van der Waals surface area (Å²) in [6.45, 7) is 22.1. The van der Waals surface area contributed by atoms with Crippen molar-refractivity contribution in [3.63, 3.8) is 0 Å². The Morgan fingerprint density at radius 2 is 1.69 bits per heavy atom. The van der Waals surface area contributed by atoms with Gasteiger partial charge in [-0.2, -0.15) is 0 Å². The standard InChI is InChI=1S/C41H64N2O5/c1-11-19-41(34(45)43-27(3)29-14-12-13-24-42-29)23-22-39(9)28(26(41)2)15-16-31-38(8)20-18-32(48-33(44)25-36(4,5)35(46)47)37(6,7)30(38)17-21-40(31,39)10/h12-14,24,26-28,30-32H,11,15-23,25H2,1-10H3,(H,43,45)(H,46,47)/t26?,27?,28?,30?,31?,32?,38?,39-,40?,41?/m1/s1. The first-order valence-electron chi connectivity index (χ1n) is 18.9. The van der Waals surface area contributed by atoms with Crippen molar-refractivity contribution in [1.29, 1.82) is 0 Å². The van der Waals surface area contributed by atoms with Gasteiger partial charge in [-0.25, -0.2) is 0 Å². The van der Waals surface area contributed by atoms with E-state index in [1.165, 1.54) is 6.42 Å². The van der Waals surface area contributed by atoms with Gasteiger partial charge in [0.2, 0.25) is 5.91 Å². The maximum Gasteiger partial charge on any atom is 0.309 e. The molecule has 0 radical (unpaired) electrons. The Hall–Kier alpha value is -2.44. The Bertz CT molecular complexity index is 1380. The predicted octanol–water partition coefficient (Wildman–Crippen LogP) is 9.16. The molecule has 48 heavy (non-hydrogen) atoms. The summed E-state index contributed by atoms with van der Waals surface area (Å²) in [5, 5.41) is 13.0. The lowest BCUT2D eigenvalue weighted by atomic mass is 9.32. The van der Waals surface area contributed by atoms with E-state index in [0.717, 1.165) is 63.5 Å². The number of fused-ring (bicyclic) bond motifs is 5. The third-order valence-corrected chi connectivity index (χ3v) is 15.5. The predicted molar refractivity (Wildman–Crippen MR) is 189 cm³/mol. The molecule has 1 heterocycles. The summed E-state index contributed by atoms with van der Waals surface area (Å²) >= 11 is 0. The molecule has 4 aliphatic carbocycles. The molecule has 4 aliphatic rings. The molecule has 0 aliphatic heterocycles. The van der Waals surface area contributed by atoms with E-state index in [-0.39, 0.29) is 57.5 Å². The topological polar surface area (TPSA) is 106 Å². The van der Waals surface area contributed by atoms with Crippen molar-refractivity contribution in [3.8, 4) is 0 Å². The Morgan fingerprint density at radius 1 is 0.979 bits per heavy atom. The van der Waals surface area contributed by atoms with Crippen molar-refractivity contribution in [3.05, 3.63) is 30.1 Å². The van der Waals surface area contributed by atoms with Crippen molar-refractivity contribution < 1.29 is 24.2 Å². The second-order valence-electron chi connectivity index (χ2n) is 18.5. The number of ether oxygens (including phenoxy) is 1. The summed E-state index contributed by atoms with van der Waals surface area (Å²) < 4.78 is 6.15. The SMILES string of the molecule is CCCC1(C(=O)NC(C)c2ccccn2)CC[C@]2(C)C(CCC3C4(C)CCC(OC(=O)CC(C)(C)C(=O)O)C(C)(C)C4CCC32C)C1C. The number of nitrogens with one attached hydrogen (secondary N) is 1. The van der Waals surface area contributed by atoms with Gasteiger partial charge in [0.15, 0.2) is 0 Å². The number of carbonyl (C=O) groups excluding carboxylic acids is 2. The minimum Gasteiger partial charge on any atom is -0.481 e. The fraction of sp³-hybridized carbons (Fsp3) is 0.805. The fourth-order valence-electron chi connectivity index (χ4n) is 12.4. The van der Waals surface area contributed by atoms with Crippen LogP contribution in [0.4, 0.5) is 0 Å². The number of amides is 1. The highest BCUT2D eigenvalue weighted by Gasteiger charge is 2.70. The monoisotopic (exact) mass is 664 g/mol. The van der Waals surface area contributed by atoms with Crippen molar-refractivity contribution >= 4 is 17.8 Å². The molecule has 4 saturated carbocycles. The zero-order valence-electron chi connectivity index (χ0n) is 31.6. The van der Waals surface area contributed by atoms with E-state index in [1.807, 2.05) is 18.2 Å². The van der Waals surface area contributed by atoms with Crippen LogP contribution < -0.4 is 5.32 Å². The Labute approximate surface area is 290 Å². The van der Waals surface area contributed by atoms with E-state index in [1.54, 1.807) is 20.0 Å². The van der Waals surface area contributed by atoms with Gasteiger partial charge < -0.3 is 15.2 Å². The van der Waals surface area contributed by atoms with Gasteiger partial charge in [-0.1, -0.05) is 61.0 Å². The van der Waals surface area contributed by atoms with Crippen LogP contribution in [-0.2, 0) is 19.1 Å². The maximum atomic E-state index is 14.4. The normalized spacial score (nSPS) is 39.6. The number of pyridine rings is 1. The number of esters is 1. The smallest absolute Gasteiger partial charge is 0.309 e. The van der Waals surface area contributed by atoms with Gasteiger partial charge >= 0.3 is 11.9 Å².